The van der Waals surface area contributed by atoms with E-state index in [-0.39, 0.29) is 11.7 Å². The first-order valence-electron chi connectivity index (χ1n) is 8.05. The Hall–Kier alpha value is -2.43. The van der Waals surface area contributed by atoms with E-state index in [9.17, 15) is 9.90 Å². The molecule has 1 aromatic carbocycles. The van der Waals surface area contributed by atoms with E-state index < -0.39 is 0 Å². The highest BCUT2D eigenvalue weighted by Gasteiger charge is 2.19. The van der Waals surface area contributed by atoms with Crippen LogP contribution < -0.4 is 5.32 Å². The molecule has 5 heteroatoms. The summed E-state index contributed by atoms with van der Waals surface area (Å²) in [6, 6.07) is 6.90. The van der Waals surface area contributed by atoms with Crippen LogP contribution in [0.1, 0.15) is 38.3 Å². The average molecular weight is 311 g/mol. The Labute approximate surface area is 135 Å². The molecule has 2 N–H and O–H groups in total. The number of phenols is 1. The molecular formula is C18H21N3O2. The quantitative estimate of drug-likeness (QED) is 0.905. The summed E-state index contributed by atoms with van der Waals surface area (Å²) in [5.74, 6) is 1.27. The van der Waals surface area contributed by atoms with Gasteiger partial charge in [-0.1, -0.05) is 25.7 Å². The van der Waals surface area contributed by atoms with Crippen LogP contribution in [0.15, 0.2) is 30.5 Å². The van der Waals surface area contributed by atoms with Gasteiger partial charge in [-0.25, -0.2) is 9.97 Å². The number of aromatic hydroxyl groups is 1. The number of amides is 1. The highest BCUT2D eigenvalue weighted by molar-refractivity contribution is 5.88. The molecule has 0 radical (unpaired) electrons. The number of hydrogen-bond donors (Lipinski definition) is 2. The molecule has 0 saturated heterocycles. The molecule has 0 aliphatic heterocycles. The van der Waals surface area contributed by atoms with Gasteiger partial charge in [-0.3, -0.25) is 4.79 Å². The van der Waals surface area contributed by atoms with Crippen LogP contribution >= 0.6 is 0 Å². The van der Waals surface area contributed by atoms with Gasteiger partial charge >= 0.3 is 0 Å². The summed E-state index contributed by atoms with van der Waals surface area (Å²) in [5, 5.41) is 12.2. The zero-order valence-electron chi connectivity index (χ0n) is 13.2. The molecule has 0 unspecified atom stereocenters. The van der Waals surface area contributed by atoms with E-state index in [1.165, 1.54) is 32.6 Å². The van der Waals surface area contributed by atoms with Crippen molar-refractivity contribution in [2.75, 3.05) is 5.32 Å². The third-order valence-corrected chi connectivity index (χ3v) is 4.26. The molecular weight excluding hydrogens is 290 g/mol. The Morgan fingerprint density at radius 1 is 1.26 bits per heavy atom. The summed E-state index contributed by atoms with van der Waals surface area (Å²) < 4.78 is 0. The third kappa shape index (κ3) is 3.86. The lowest BCUT2D eigenvalue weighted by molar-refractivity contribution is -0.114. The standard InChI is InChI=1S/C18H21N3O2/c1-12(22)20-18-16(10-13-4-2-3-5-13)21-17(11-19-18)14-6-8-15(23)9-7-14/h6-9,11,13,23H,2-5,10H2,1H3,(H,19,20,22). The van der Waals surface area contributed by atoms with Crippen molar-refractivity contribution in [2.24, 2.45) is 5.92 Å². The van der Waals surface area contributed by atoms with E-state index in [4.69, 9.17) is 4.98 Å². The van der Waals surface area contributed by atoms with E-state index in [2.05, 4.69) is 10.3 Å². The van der Waals surface area contributed by atoms with Crippen LogP contribution in [0.3, 0.4) is 0 Å². The van der Waals surface area contributed by atoms with Gasteiger partial charge in [-0.2, -0.15) is 0 Å². The topological polar surface area (TPSA) is 75.1 Å². The molecule has 120 valence electrons. The average Bonchev–Trinajstić information content (AvgIpc) is 3.02. The van der Waals surface area contributed by atoms with Gasteiger partial charge in [-0.15, -0.1) is 0 Å². The first kappa shape index (κ1) is 15.5. The number of phenolic OH excluding ortho intramolecular Hbond substituents is 1. The van der Waals surface area contributed by atoms with Gasteiger partial charge in [0.25, 0.3) is 0 Å². The SMILES string of the molecule is CC(=O)Nc1ncc(-c2ccc(O)cc2)nc1CC1CCCC1. The number of aromatic nitrogens is 2. The Kier molecular flexibility index (Phi) is 4.55. The molecule has 1 saturated carbocycles. The normalized spacial score (nSPS) is 14.8. The fourth-order valence-corrected chi connectivity index (χ4v) is 3.10. The lowest BCUT2D eigenvalue weighted by Crippen LogP contribution is -2.13. The highest BCUT2D eigenvalue weighted by Crippen LogP contribution is 2.30. The Morgan fingerprint density at radius 3 is 2.61 bits per heavy atom. The molecule has 1 heterocycles. The predicted octanol–water partition coefficient (Wildman–Crippen LogP) is 3.54. The summed E-state index contributed by atoms with van der Waals surface area (Å²) >= 11 is 0. The third-order valence-electron chi connectivity index (χ3n) is 4.26. The minimum absolute atomic E-state index is 0.135. The Bertz CT molecular complexity index is 692. The van der Waals surface area contributed by atoms with Crippen LogP contribution in [0, 0.1) is 5.92 Å². The van der Waals surface area contributed by atoms with Gasteiger partial charge in [0.05, 0.1) is 17.6 Å². The van der Waals surface area contributed by atoms with E-state index in [1.54, 1.807) is 18.3 Å². The van der Waals surface area contributed by atoms with E-state index in [0.29, 0.717) is 11.7 Å². The van der Waals surface area contributed by atoms with Crippen LogP contribution in [0.5, 0.6) is 5.75 Å². The lowest BCUT2D eigenvalue weighted by atomic mass is 10.0. The van der Waals surface area contributed by atoms with Crippen molar-refractivity contribution in [1.82, 2.24) is 9.97 Å². The second-order valence-corrected chi connectivity index (χ2v) is 6.13. The maximum absolute atomic E-state index is 11.4. The minimum Gasteiger partial charge on any atom is -0.508 e. The first-order valence-corrected chi connectivity index (χ1v) is 8.05. The van der Waals surface area contributed by atoms with Crippen LogP contribution in [0.4, 0.5) is 5.82 Å². The summed E-state index contributed by atoms with van der Waals surface area (Å²) in [7, 11) is 0. The van der Waals surface area contributed by atoms with Crippen molar-refractivity contribution >= 4 is 11.7 Å². The molecule has 1 aliphatic carbocycles. The van der Waals surface area contributed by atoms with Crippen molar-refractivity contribution in [3.05, 3.63) is 36.2 Å². The van der Waals surface area contributed by atoms with Gasteiger partial charge in [0.15, 0.2) is 5.82 Å². The van der Waals surface area contributed by atoms with Gasteiger partial charge < -0.3 is 10.4 Å². The number of nitrogens with zero attached hydrogens (tertiary/aromatic N) is 2. The molecule has 1 fully saturated rings. The van der Waals surface area contributed by atoms with Gasteiger partial charge in [0.1, 0.15) is 5.75 Å². The van der Waals surface area contributed by atoms with Crippen molar-refractivity contribution in [3.63, 3.8) is 0 Å². The van der Waals surface area contributed by atoms with Crippen LogP contribution in [-0.4, -0.2) is 21.0 Å². The van der Waals surface area contributed by atoms with Gasteiger partial charge in [-0.05, 0) is 36.6 Å². The fraction of sp³-hybridized carbons (Fsp3) is 0.389. The summed E-state index contributed by atoms with van der Waals surface area (Å²) in [5.41, 5.74) is 2.50. The minimum atomic E-state index is -0.135. The lowest BCUT2D eigenvalue weighted by Gasteiger charge is -2.13. The molecule has 0 atom stereocenters. The molecule has 5 nitrogen and oxygen atoms in total. The van der Waals surface area contributed by atoms with Gasteiger partial charge in [0, 0.05) is 12.5 Å². The predicted molar refractivity (Wildman–Crippen MR) is 89.1 cm³/mol. The molecule has 1 aromatic heterocycles. The van der Waals surface area contributed by atoms with Crippen molar-refractivity contribution < 1.29 is 9.90 Å². The zero-order chi connectivity index (χ0) is 16.2. The largest absolute Gasteiger partial charge is 0.508 e. The number of hydrogen-bond acceptors (Lipinski definition) is 4. The number of nitrogens with one attached hydrogen (secondary N) is 1. The zero-order valence-corrected chi connectivity index (χ0v) is 13.2. The monoisotopic (exact) mass is 311 g/mol. The highest BCUT2D eigenvalue weighted by atomic mass is 16.3. The maximum atomic E-state index is 11.4. The molecule has 2 aromatic rings. The second kappa shape index (κ2) is 6.77. The van der Waals surface area contributed by atoms with Crippen LogP contribution in [-0.2, 0) is 11.2 Å². The number of benzene rings is 1. The van der Waals surface area contributed by atoms with E-state index >= 15 is 0 Å². The number of anilines is 1. The summed E-state index contributed by atoms with van der Waals surface area (Å²) in [6.07, 6.45) is 7.47. The van der Waals surface area contributed by atoms with Crippen LogP contribution in [0.2, 0.25) is 0 Å². The second-order valence-electron chi connectivity index (χ2n) is 6.13. The van der Waals surface area contributed by atoms with E-state index in [0.717, 1.165) is 23.4 Å². The summed E-state index contributed by atoms with van der Waals surface area (Å²) in [4.78, 5) is 20.5. The first-order chi connectivity index (χ1) is 11.1. The Morgan fingerprint density at radius 2 is 1.96 bits per heavy atom. The molecule has 1 amide bonds. The number of rotatable bonds is 4. The molecule has 0 spiro atoms. The van der Waals surface area contributed by atoms with Gasteiger partial charge in [0.2, 0.25) is 5.91 Å². The van der Waals surface area contributed by atoms with Crippen LogP contribution in [0.25, 0.3) is 11.3 Å². The molecule has 23 heavy (non-hydrogen) atoms. The molecule has 3 rings (SSSR count). The fourth-order valence-electron chi connectivity index (χ4n) is 3.10. The maximum Gasteiger partial charge on any atom is 0.222 e. The van der Waals surface area contributed by atoms with E-state index in [1.807, 2.05) is 12.1 Å². The molecule has 1 aliphatic rings. The van der Waals surface area contributed by atoms with Crippen molar-refractivity contribution in [2.45, 2.75) is 39.0 Å². The number of carbonyl (C=O) groups excluding carboxylic acids is 1. The number of carbonyl (C=O) groups is 1. The van der Waals surface area contributed by atoms with Crippen molar-refractivity contribution in [1.29, 1.82) is 0 Å². The Balaban J connectivity index is 1.92. The smallest absolute Gasteiger partial charge is 0.222 e. The van der Waals surface area contributed by atoms with Crippen molar-refractivity contribution in [3.8, 4) is 17.0 Å². The molecule has 0 bridgehead atoms. The summed E-state index contributed by atoms with van der Waals surface area (Å²) in [6.45, 7) is 1.48.